The zero-order chi connectivity index (χ0) is 24.9. The molecule has 4 rings (SSSR count). The summed E-state index contributed by atoms with van der Waals surface area (Å²) >= 11 is 0. The highest BCUT2D eigenvalue weighted by Crippen LogP contribution is 2.50. The Morgan fingerprint density at radius 2 is 1.89 bits per heavy atom. The van der Waals surface area contributed by atoms with Crippen LogP contribution in [0.5, 0.6) is 17.2 Å². The lowest BCUT2D eigenvalue weighted by molar-refractivity contribution is 0.0523. The third-order valence-electron chi connectivity index (χ3n) is 6.38. The molecule has 0 bridgehead atoms. The Labute approximate surface area is 206 Å². The molecule has 2 aliphatic rings. The summed E-state index contributed by atoms with van der Waals surface area (Å²) < 4.78 is 30.2. The van der Waals surface area contributed by atoms with Gasteiger partial charge in [0.25, 0.3) is 5.56 Å². The van der Waals surface area contributed by atoms with Crippen molar-refractivity contribution in [2.45, 2.75) is 64.5 Å². The molecule has 1 atom stereocenters. The summed E-state index contributed by atoms with van der Waals surface area (Å²) in [5, 5.41) is 0. The van der Waals surface area contributed by atoms with Gasteiger partial charge in [0.2, 0.25) is 0 Å². The number of methoxy groups -OCH3 is 2. The third kappa shape index (κ3) is 5.17. The molecule has 0 radical (unpaired) electrons. The van der Waals surface area contributed by atoms with Crippen molar-refractivity contribution in [3.05, 3.63) is 39.7 Å². The predicted molar refractivity (Wildman–Crippen MR) is 132 cm³/mol. The van der Waals surface area contributed by atoms with Crippen molar-refractivity contribution in [3.8, 4) is 28.5 Å². The molecule has 0 spiro atoms. The maximum atomic E-state index is 13.5. The van der Waals surface area contributed by atoms with E-state index in [1.807, 2.05) is 12.1 Å². The van der Waals surface area contributed by atoms with Gasteiger partial charge in [0.15, 0.2) is 11.5 Å². The van der Waals surface area contributed by atoms with Gasteiger partial charge < -0.3 is 28.3 Å². The Kier molecular flexibility index (Phi) is 8.00. The number of benzene rings is 1. The lowest BCUT2D eigenvalue weighted by Crippen LogP contribution is -2.32. The number of ether oxygens (including phenoxy) is 5. The molecule has 190 valence electrons. The SMILES string of the molecule is CCCC[C@H]1Oc2cc(OCCCOC)c(OC)cc2-c2c1cc(C(=O)OCC)c(=O)n2C1CC1. The average Bonchev–Trinajstić information content (AvgIpc) is 3.69. The van der Waals surface area contributed by atoms with E-state index in [0.29, 0.717) is 30.5 Å². The van der Waals surface area contributed by atoms with Crippen LogP contribution < -0.4 is 19.8 Å². The van der Waals surface area contributed by atoms with Crippen molar-refractivity contribution >= 4 is 5.97 Å². The molecular formula is C27H35NO7. The number of fused-ring (bicyclic) bond motifs is 3. The van der Waals surface area contributed by atoms with Crippen LogP contribution in [-0.2, 0) is 9.47 Å². The van der Waals surface area contributed by atoms with E-state index in [9.17, 15) is 9.59 Å². The van der Waals surface area contributed by atoms with Gasteiger partial charge in [-0.1, -0.05) is 13.3 Å². The Bertz CT molecular complexity index is 1120. The third-order valence-corrected chi connectivity index (χ3v) is 6.38. The molecule has 1 saturated carbocycles. The normalized spacial score (nSPS) is 16.2. The number of hydrogen-bond acceptors (Lipinski definition) is 7. The summed E-state index contributed by atoms with van der Waals surface area (Å²) in [5.41, 5.74) is 2.17. The van der Waals surface area contributed by atoms with Crippen LogP contribution in [0.3, 0.4) is 0 Å². The molecule has 0 N–H and O–H groups in total. The zero-order valence-electron chi connectivity index (χ0n) is 21.1. The largest absolute Gasteiger partial charge is 0.493 e. The molecule has 35 heavy (non-hydrogen) atoms. The second kappa shape index (κ2) is 11.2. The second-order valence-electron chi connectivity index (χ2n) is 8.93. The molecule has 1 aliphatic carbocycles. The van der Waals surface area contributed by atoms with Crippen molar-refractivity contribution in [1.29, 1.82) is 0 Å². The quantitative estimate of drug-likeness (QED) is 0.306. The first-order chi connectivity index (χ1) is 17.0. The van der Waals surface area contributed by atoms with Crippen LogP contribution in [0.1, 0.15) is 80.4 Å². The van der Waals surface area contributed by atoms with E-state index in [1.165, 1.54) is 0 Å². The Morgan fingerprint density at radius 1 is 1.09 bits per heavy atom. The summed E-state index contributed by atoms with van der Waals surface area (Å²) in [6.45, 7) is 5.16. The molecule has 8 heteroatoms. The van der Waals surface area contributed by atoms with Gasteiger partial charge in [-0.15, -0.1) is 0 Å². The van der Waals surface area contributed by atoms with Crippen molar-refractivity contribution < 1.29 is 28.5 Å². The number of hydrogen-bond donors (Lipinski definition) is 0. The Hall–Kier alpha value is -3.00. The van der Waals surface area contributed by atoms with Gasteiger partial charge in [0.1, 0.15) is 17.4 Å². The van der Waals surface area contributed by atoms with Crippen molar-refractivity contribution in [2.75, 3.05) is 34.0 Å². The first-order valence-electron chi connectivity index (χ1n) is 12.5. The fourth-order valence-electron chi connectivity index (χ4n) is 4.53. The number of aromatic nitrogens is 1. The standard InChI is InChI=1S/C27H35NO7/c1-5-7-9-21-18-14-20(27(30)33-6-2)26(29)28(17-10-11-17)25(18)19-15-23(32-4)24(16-22(19)35-21)34-13-8-12-31-3/h14-17,21H,5-13H2,1-4H3/t21-/m1/s1. The van der Waals surface area contributed by atoms with Gasteiger partial charge in [0.05, 0.1) is 26.0 Å². The van der Waals surface area contributed by atoms with Crippen LogP contribution in [0.2, 0.25) is 0 Å². The Morgan fingerprint density at radius 3 is 2.54 bits per heavy atom. The minimum atomic E-state index is -0.591. The number of pyridine rings is 1. The fourth-order valence-corrected chi connectivity index (χ4v) is 4.53. The van der Waals surface area contributed by atoms with Crippen LogP contribution in [0.4, 0.5) is 0 Å². The molecule has 2 heterocycles. The van der Waals surface area contributed by atoms with E-state index in [0.717, 1.165) is 55.3 Å². The molecule has 1 aliphatic heterocycles. The van der Waals surface area contributed by atoms with Gasteiger partial charge in [0, 0.05) is 43.4 Å². The highest BCUT2D eigenvalue weighted by Gasteiger charge is 2.37. The first kappa shape index (κ1) is 25.1. The number of unbranched alkanes of at least 4 members (excludes halogenated alkanes) is 1. The van der Waals surface area contributed by atoms with Crippen molar-refractivity contribution in [1.82, 2.24) is 4.57 Å². The maximum absolute atomic E-state index is 13.5. The molecule has 0 saturated heterocycles. The average molecular weight is 486 g/mol. The van der Waals surface area contributed by atoms with E-state index in [4.69, 9.17) is 23.7 Å². The highest BCUT2D eigenvalue weighted by molar-refractivity contribution is 5.90. The van der Waals surface area contributed by atoms with Gasteiger partial charge in [-0.05, 0) is 44.7 Å². The van der Waals surface area contributed by atoms with E-state index >= 15 is 0 Å². The minimum absolute atomic E-state index is 0.0550. The zero-order valence-corrected chi connectivity index (χ0v) is 21.1. The molecule has 8 nitrogen and oxygen atoms in total. The summed E-state index contributed by atoms with van der Waals surface area (Å²) in [4.78, 5) is 26.2. The van der Waals surface area contributed by atoms with E-state index < -0.39 is 5.97 Å². The monoisotopic (exact) mass is 485 g/mol. The van der Waals surface area contributed by atoms with Crippen LogP contribution in [-0.4, -0.2) is 44.6 Å². The molecule has 2 aromatic rings. The molecule has 1 fully saturated rings. The summed E-state index contributed by atoms with van der Waals surface area (Å²) in [7, 11) is 3.25. The topological polar surface area (TPSA) is 85.2 Å². The molecule has 1 aromatic carbocycles. The number of esters is 1. The van der Waals surface area contributed by atoms with Crippen LogP contribution in [0.15, 0.2) is 23.0 Å². The number of carbonyl (C=O) groups excluding carboxylic acids is 1. The van der Waals surface area contributed by atoms with Crippen molar-refractivity contribution in [3.63, 3.8) is 0 Å². The Balaban J connectivity index is 1.87. The number of carbonyl (C=O) groups is 1. The van der Waals surface area contributed by atoms with Crippen LogP contribution in [0, 0.1) is 0 Å². The number of rotatable bonds is 12. The predicted octanol–water partition coefficient (Wildman–Crippen LogP) is 5.07. The highest BCUT2D eigenvalue weighted by atomic mass is 16.5. The van der Waals surface area contributed by atoms with E-state index in [-0.39, 0.29) is 29.9 Å². The van der Waals surface area contributed by atoms with Gasteiger partial charge in [-0.25, -0.2) is 4.79 Å². The maximum Gasteiger partial charge on any atom is 0.343 e. The van der Waals surface area contributed by atoms with E-state index in [1.54, 1.807) is 31.8 Å². The van der Waals surface area contributed by atoms with Gasteiger partial charge in [-0.2, -0.15) is 0 Å². The second-order valence-corrected chi connectivity index (χ2v) is 8.93. The minimum Gasteiger partial charge on any atom is -0.493 e. The van der Waals surface area contributed by atoms with Crippen LogP contribution in [0.25, 0.3) is 11.3 Å². The fraction of sp³-hybridized carbons (Fsp3) is 0.556. The molecule has 1 aromatic heterocycles. The smallest absolute Gasteiger partial charge is 0.343 e. The van der Waals surface area contributed by atoms with Gasteiger partial charge >= 0.3 is 5.97 Å². The molecule has 0 amide bonds. The summed E-state index contributed by atoms with van der Waals surface area (Å²) in [6, 6.07) is 5.46. The molecular weight excluding hydrogens is 450 g/mol. The number of nitrogens with zero attached hydrogens (tertiary/aromatic N) is 1. The van der Waals surface area contributed by atoms with Gasteiger partial charge in [-0.3, -0.25) is 4.79 Å². The lowest BCUT2D eigenvalue weighted by Gasteiger charge is -2.32. The van der Waals surface area contributed by atoms with E-state index in [2.05, 4.69) is 6.92 Å². The molecule has 0 unspecified atom stereocenters. The van der Waals surface area contributed by atoms with Crippen molar-refractivity contribution in [2.24, 2.45) is 0 Å². The van der Waals surface area contributed by atoms with Crippen LogP contribution >= 0.6 is 0 Å². The summed E-state index contributed by atoms with van der Waals surface area (Å²) in [5.74, 6) is 1.21. The summed E-state index contributed by atoms with van der Waals surface area (Å²) in [6.07, 6.45) is 4.98. The lowest BCUT2D eigenvalue weighted by atomic mass is 9.92. The first-order valence-corrected chi connectivity index (χ1v) is 12.5.